The number of rotatable bonds is 7. The molecule has 0 unspecified atom stereocenters. The van der Waals surface area contributed by atoms with E-state index in [0.717, 1.165) is 5.56 Å². The topological polar surface area (TPSA) is 113 Å². The normalized spacial score (nSPS) is 11.9. The Morgan fingerprint density at radius 3 is 2.78 bits per heavy atom. The highest BCUT2D eigenvalue weighted by atomic mass is 16.6. The van der Waals surface area contributed by atoms with Gasteiger partial charge in [0.05, 0.1) is 0 Å². The smallest absolute Gasteiger partial charge is 0.342 e. The minimum absolute atomic E-state index is 0.000632. The van der Waals surface area contributed by atoms with Crippen LogP contribution in [0.25, 0.3) is 0 Å². The summed E-state index contributed by atoms with van der Waals surface area (Å²) in [5, 5.41) is 10.9. The number of nitrogens with zero attached hydrogens (tertiary/aromatic N) is 3. The minimum Gasteiger partial charge on any atom is -0.460 e. The quantitative estimate of drug-likeness (QED) is 0.466. The van der Waals surface area contributed by atoms with Crippen molar-refractivity contribution >= 4 is 11.8 Å². The maximum absolute atomic E-state index is 11.9. The van der Waals surface area contributed by atoms with E-state index in [4.69, 9.17) is 10.5 Å². The van der Waals surface area contributed by atoms with Crippen LogP contribution < -0.4 is 5.73 Å². The monoisotopic (exact) mass is 318 g/mol. The van der Waals surface area contributed by atoms with Crippen LogP contribution in [0.4, 0.5) is 5.82 Å². The first-order valence-corrected chi connectivity index (χ1v) is 7.11. The fourth-order valence-electron chi connectivity index (χ4n) is 2.17. The Labute approximate surface area is 133 Å². The first-order chi connectivity index (χ1) is 11.0. The van der Waals surface area contributed by atoms with Crippen LogP contribution in [-0.2, 0) is 22.5 Å². The highest BCUT2D eigenvalue weighted by molar-refractivity contribution is 5.75. The number of nitro groups is 1. The van der Waals surface area contributed by atoms with Crippen LogP contribution in [-0.4, -0.2) is 33.1 Å². The number of aromatic nitrogens is 2. The predicted molar refractivity (Wildman–Crippen MR) is 82.7 cm³/mol. The summed E-state index contributed by atoms with van der Waals surface area (Å²) < 4.78 is 6.49. The van der Waals surface area contributed by atoms with Crippen molar-refractivity contribution in [3.63, 3.8) is 0 Å². The number of hydrogen-bond donors (Lipinski definition) is 1. The van der Waals surface area contributed by atoms with E-state index in [-0.39, 0.29) is 19.0 Å². The Morgan fingerprint density at radius 2 is 2.13 bits per heavy atom. The molecule has 0 aliphatic heterocycles. The molecule has 23 heavy (non-hydrogen) atoms. The van der Waals surface area contributed by atoms with Crippen LogP contribution in [0, 0.1) is 17.0 Å². The zero-order chi connectivity index (χ0) is 16.8. The summed E-state index contributed by atoms with van der Waals surface area (Å²) in [6.45, 7) is 1.81. The highest BCUT2D eigenvalue weighted by Crippen LogP contribution is 2.13. The molecule has 0 radical (unpaired) electrons. The zero-order valence-electron chi connectivity index (χ0n) is 12.7. The molecular weight excluding hydrogens is 300 g/mol. The lowest BCUT2D eigenvalue weighted by Gasteiger charge is -2.11. The standard InChI is InChI=1S/C15H18N4O4/c1-11-17-10-14(19(21)22)18(11)7-8-23-15(20)13(16)9-12-5-3-2-4-6-12/h2-6,10,13H,7-9,16H2,1H3/t13-/m0/s1. The fraction of sp³-hybridized carbons (Fsp3) is 0.333. The zero-order valence-corrected chi connectivity index (χ0v) is 12.7. The molecule has 1 aromatic heterocycles. The second-order valence-corrected chi connectivity index (χ2v) is 5.04. The molecule has 0 saturated heterocycles. The third-order valence-corrected chi connectivity index (χ3v) is 3.38. The van der Waals surface area contributed by atoms with Crippen molar-refractivity contribution in [3.8, 4) is 0 Å². The van der Waals surface area contributed by atoms with E-state index in [2.05, 4.69) is 4.98 Å². The molecule has 1 heterocycles. The molecule has 122 valence electrons. The van der Waals surface area contributed by atoms with Gasteiger partial charge in [-0.2, -0.15) is 0 Å². The molecule has 8 nitrogen and oxygen atoms in total. The first kappa shape index (κ1) is 16.6. The van der Waals surface area contributed by atoms with Crippen LogP contribution in [0.5, 0.6) is 0 Å². The molecular formula is C15H18N4O4. The van der Waals surface area contributed by atoms with E-state index in [0.29, 0.717) is 12.2 Å². The minimum atomic E-state index is -0.767. The summed E-state index contributed by atoms with van der Waals surface area (Å²) >= 11 is 0. The second kappa shape index (κ2) is 7.50. The van der Waals surface area contributed by atoms with Gasteiger partial charge in [0.15, 0.2) is 5.82 Å². The molecule has 0 bridgehead atoms. The van der Waals surface area contributed by atoms with Gasteiger partial charge in [-0.3, -0.25) is 4.79 Å². The lowest BCUT2D eigenvalue weighted by molar-refractivity contribution is -0.392. The van der Waals surface area contributed by atoms with Crippen LogP contribution in [0.3, 0.4) is 0 Å². The molecule has 2 rings (SSSR count). The number of esters is 1. The summed E-state index contributed by atoms with van der Waals surface area (Å²) in [6, 6.07) is 8.61. The SMILES string of the molecule is Cc1ncc([N+](=O)[O-])n1CCOC(=O)[C@@H](N)Cc1ccccc1. The second-order valence-electron chi connectivity index (χ2n) is 5.04. The third kappa shape index (κ3) is 4.36. The molecule has 0 aliphatic rings. The van der Waals surface area contributed by atoms with Crippen molar-refractivity contribution in [3.05, 3.63) is 58.0 Å². The van der Waals surface area contributed by atoms with Gasteiger partial charge in [0.2, 0.25) is 0 Å². The molecule has 1 atom stereocenters. The summed E-state index contributed by atoms with van der Waals surface area (Å²) in [5.74, 6) is -0.178. The highest BCUT2D eigenvalue weighted by Gasteiger charge is 2.19. The number of benzene rings is 1. The van der Waals surface area contributed by atoms with E-state index in [1.807, 2.05) is 30.3 Å². The Balaban J connectivity index is 1.85. The first-order valence-electron chi connectivity index (χ1n) is 7.11. The molecule has 0 fully saturated rings. The van der Waals surface area contributed by atoms with E-state index >= 15 is 0 Å². The van der Waals surface area contributed by atoms with Crippen LogP contribution in [0.1, 0.15) is 11.4 Å². The number of aryl methyl sites for hydroxylation is 1. The fourth-order valence-corrected chi connectivity index (χ4v) is 2.17. The van der Waals surface area contributed by atoms with E-state index in [1.165, 1.54) is 10.8 Å². The largest absolute Gasteiger partial charge is 0.460 e. The van der Waals surface area contributed by atoms with E-state index in [1.54, 1.807) is 6.92 Å². The molecule has 2 N–H and O–H groups in total. The maximum atomic E-state index is 11.9. The van der Waals surface area contributed by atoms with Gasteiger partial charge in [-0.25, -0.2) is 9.55 Å². The predicted octanol–water partition coefficient (Wildman–Crippen LogP) is 1.21. The van der Waals surface area contributed by atoms with Crippen molar-refractivity contribution in [2.75, 3.05) is 6.61 Å². The van der Waals surface area contributed by atoms with Crippen LogP contribution in [0.2, 0.25) is 0 Å². The molecule has 0 saturated carbocycles. The number of carbonyl (C=O) groups is 1. The van der Waals surface area contributed by atoms with Crippen molar-refractivity contribution in [2.24, 2.45) is 5.73 Å². The summed E-state index contributed by atoms with van der Waals surface area (Å²) in [5.41, 5.74) is 6.76. The van der Waals surface area contributed by atoms with Gasteiger partial charge in [0, 0.05) is 6.92 Å². The van der Waals surface area contributed by atoms with Gasteiger partial charge >= 0.3 is 11.8 Å². The van der Waals surface area contributed by atoms with Crippen molar-refractivity contribution in [1.29, 1.82) is 0 Å². The summed E-state index contributed by atoms with van der Waals surface area (Å²) in [6.07, 6.45) is 1.56. The van der Waals surface area contributed by atoms with E-state index < -0.39 is 16.9 Å². The van der Waals surface area contributed by atoms with Crippen LogP contribution in [0.15, 0.2) is 36.5 Å². The number of nitrogens with two attached hydrogens (primary N) is 1. The molecule has 0 aliphatic carbocycles. The Kier molecular flexibility index (Phi) is 5.42. The van der Waals surface area contributed by atoms with Crippen molar-refractivity contribution < 1.29 is 14.5 Å². The van der Waals surface area contributed by atoms with Gasteiger partial charge in [0.25, 0.3) is 0 Å². The van der Waals surface area contributed by atoms with Gasteiger partial charge in [0.1, 0.15) is 25.4 Å². The number of carbonyl (C=O) groups excluding carboxylic acids is 1. The molecule has 2 aromatic rings. The number of imidazole rings is 1. The van der Waals surface area contributed by atoms with Crippen molar-refractivity contribution in [1.82, 2.24) is 9.55 Å². The molecule has 1 aromatic carbocycles. The van der Waals surface area contributed by atoms with E-state index in [9.17, 15) is 14.9 Å². The lowest BCUT2D eigenvalue weighted by Crippen LogP contribution is -2.35. The summed E-state index contributed by atoms with van der Waals surface area (Å²) in [4.78, 5) is 26.1. The van der Waals surface area contributed by atoms with Gasteiger partial charge in [-0.05, 0) is 16.9 Å². The molecule has 0 spiro atoms. The maximum Gasteiger partial charge on any atom is 0.342 e. The average Bonchev–Trinajstić information content (AvgIpc) is 2.89. The third-order valence-electron chi connectivity index (χ3n) is 3.38. The summed E-state index contributed by atoms with van der Waals surface area (Å²) in [7, 11) is 0. The average molecular weight is 318 g/mol. The number of hydrogen-bond acceptors (Lipinski definition) is 6. The van der Waals surface area contributed by atoms with Crippen LogP contribution >= 0.6 is 0 Å². The number of ether oxygens (including phenoxy) is 1. The molecule has 0 amide bonds. The van der Waals surface area contributed by atoms with Gasteiger partial charge in [-0.1, -0.05) is 30.3 Å². The van der Waals surface area contributed by atoms with Gasteiger partial charge < -0.3 is 20.6 Å². The molecule has 8 heteroatoms. The Bertz CT molecular complexity index is 684. The van der Waals surface area contributed by atoms with Gasteiger partial charge in [-0.15, -0.1) is 0 Å². The Hall–Kier alpha value is -2.74. The van der Waals surface area contributed by atoms with Crippen molar-refractivity contribution in [2.45, 2.75) is 25.9 Å². The Morgan fingerprint density at radius 1 is 1.43 bits per heavy atom. The lowest BCUT2D eigenvalue weighted by atomic mass is 10.1.